The van der Waals surface area contributed by atoms with E-state index in [9.17, 15) is 0 Å². The van der Waals surface area contributed by atoms with Crippen molar-refractivity contribution >= 4 is 43.9 Å². The van der Waals surface area contributed by atoms with E-state index in [0.717, 1.165) is 55.7 Å². The van der Waals surface area contributed by atoms with Gasteiger partial charge in [0.2, 0.25) is 0 Å². The van der Waals surface area contributed by atoms with Gasteiger partial charge in [0.05, 0.1) is 11.0 Å². The van der Waals surface area contributed by atoms with Crippen LogP contribution in [-0.4, -0.2) is 14.5 Å². The Labute approximate surface area is 288 Å². The van der Waals surface area contributed by atoms with Gasteiger partial charge in [0.15, 0.2) is 11.4 Å². The molecule has 50 heavy (non-hydrogen) atoms. The Morgan fingerprint density at radius 2 is 0.960 bits per heavy atom. The molecule has 0 radical (unpaired) electrons. The van der Waals surface area contributed by atoms with Crippen LogP contribution in [0.5, 0.6) is 0 Å². The summed E-state index contributed by atoms with van der Waals surface area (Å²) in [5.41, 5.74) is 13.0. The first-order valence-corrected chi connectivity index (χ1v) is 16.8. The van der Waals surface area contributed by atoms with Crippen LogP contribution in [0.25, 0.3) is 94.5 Å². The lowest BCUT2D eigenvalue weighted by Gasteiger charge is -2.10. The number of furan rings is 1. The molecule has 3 aromatic heterocycles. The van der Waals surface area contributed by atoms with E-state index < -0.39 is 0 Å². The summed E-state index contributed by atoms with van der Waals surface area (Å²) < 4.78 is 8.94. The van der Waals surface area contributed by atoms with Crippen LogP contribution in [0.4, 0.5) is 0 Å². The molecule has 4 heteroatoms. The van der Waals surface area contributed by atoms with Gasteiger partial charge in [-0.15, -0.1) is 0 Å². The molecule has 234 valence electrons. The Bertz CT molecular complexity index is 2800. The molecule has 0 bridgehead atoms. The number of hydrogen-bond donors (Lipinski definition) is 0. The van der Waals surface area contributed by atoms with Crippen molar-refractivity contribution in [3.63, 3.8) is 0 Å². The van der Waals surface area contributed by atoms with E-state index in [0.29, 0.717) is 11.4 Å². The Balaban J connectivity index is 1.13. The van der Waals surface area contributed by atoms with Crippen molar-refractivity contribution in [2.24, 2.45) is 0 Å². The molecule has 0 atom stereocenters. The Morgan fingerprint density at radius 1 is 0.400 bits per heavy atom. The average Bonchev–Trinajstić information content (AvgIpc) is 3.74. The molecule has 3 heterocycles. The second-order valence-corrected chi connectivity index (χ2v) is 12.6. The summed E-state index contributed by atoms with van der Waals surface area (Å²) in [4.78, 5) is 10.2. The minimum absolute atomic E-state index is 0.668. The topological polar surface area (TPSA) is 43.9 Å². The number of rotatable bonds is 5. The van der Waals surface area contributed by atoms with Crippen molar-refractivity contribution in [3.8, 4) is 50.6 Å². The van der Waals surface area contributed by atoms with Crippen LogP contribution in [0.1, 0.15) is 0 Å². The highest BCUT2D eigenvalue weighted by Gasteiger charge is 2.19. The molecule has 0 unspecified atom stereocenters. The predicted molar refractivity (Wildman–Crippen MR) is 205 cm³/mol. The van der Waals surface area contributed by atoms with E-state index in [2.05, 4.69) is 156 Å². The maximum Gasteiger partial charge on any atom is 0.180 e. The predicted octanol–water partition coefficient (Wildman–Crippen LogP) is 12.1. The fraction of sp³-hybridized carbons (Fsp3) is 0. The number of para-hydroxylation sites is 2. The Morgan fingerprint density at radius 3 is 1.68 bits per heavy atom. The number of benzene rings is 7. The summed E-state index contributed by atoms with van der Waals surface area (Å²) in [6.45, 7) is 0. The van der Waals surface area contributed by atoms with Gasteiger partial charge in [-0.1, -0.05) is 140 Å². The van der Waals surface area contributed by atoms with E-state index >= 15 is 0 Å². The molecule has 0 spiro atoms. The lowest BCUT2D eigenvalue weighted by atomic mass is 10.0. The standard InChI is InChI=1S/C46H29N3O/c1-3-12-30(13-4-1)31-22-24-32(25-23-31)43-45-44(48-46(47-43)33-14-5-2-6-15-33)39-29-35(26-27-42(39)50-45)34-16-11-17-36(28-34)49-40-20-9-7-18-37(40)38-19-8-10-21-41(38)49/h1-29H. The van der Waals surface area contributed by atoms with E-state index in [1.807, 2.05) is 24.3 Å². The lowest BCUT2D eigenvalue weighted by molar-refractivity contribution is 0.667. The van der Waals surface area contributed by atoms with Gasteiger partial charge < -0.3 is 8.98 Å². The normalized spacial score (nSPS) is 11.6. The van der Waals surface area contributed by atoms with Gasteiger partial charge in [-0.3, -0.25) is 0 Å². The Kier molecular flexibility index (Phi) is 6.46. The maximum absolute atomic E-state index is 6.58. The van der Waals surface area contributed by atoms with Crippen LogP contribution >= 0.6 is 0 Å². The average molecular weight is 640 g/mol. The van der Waals surface area contributed by atoms with E-state index in [4.69, 9.17) is 14.4 Å². The summed E-state index contributed by atoms with van der Waals surface area (Å²) in [6, 6.07) is 61.5. The van der Waals surface area contributed by atoms with Crippen LogP contribution in [-0.2, 0) is 0 Å². The highest BCUT2D eigenvalue weighted by Crippen LogP contribution is 2.39. The summed E-state index contributed by atoms with van der Waals surface area (Å²) in [6.07, 6.45) is 0. The zero-order chi connectivity index (χ0) is 33.0. The van der Waals surface area contributed by atoms with Crippen molar-refractivity contribution in [2.75, 3.05) is 0 Å². The molecule has 0 aliphatic rings. The van der Waals surface area contributed by atoms with E-state index in [-0.39, 0.29) is 0 Å². The molecule has 0 fully saturated rings. The van der Waals surface area contributed by atoms with Crippen LogP contribution < -0.4 is 0 Å². The second kappa shape index (κ2) is 11.4. The molecule has 0 aliphatic heterocycles. The van der Waals surface area contributed by atoms with Gasteiger partial charge in [-0.2, -0.15) is 0 Å². The van der Waals surface area contributed by atoms with Crippen molar-refractivity contribution in [1.82, 2.24) is 14.5 Å². The van der Waals surface area contributed by atoms with Crippen molar-refractivity contribution in [1.29, 1.82) is 0 Å². The summed E-state index contributed by atoms with van der Waals surface area (Å²) >= 11 is 0. The first-order valence-electron chi connectivity index (χ1n) is 16.8. The second-order valence-electron chi connectivity index (χ2n) is 12.6. The minimum atomic E-state index is 0.668. The van der Waals surface area contributed by atoms with Crippen LogP contribution in [0, 0.1) is 0 Å². The molecule has 10 rings (SSSR count). The molecule has 0 aliphatic carbocycles. The zero-order valence-electron chi connectivity index (χ0n) is 27.0. The molecular formula is C46H29N3O. The Hall–Kier alpha value is -6.78. The number of hydrogen-bond acceptors (Lipinski definition) is 3. The molecule has 0 N–H and O–H groups in total. The summed E-state index contributed by atoms with van der Waals surface area (Å²) in [5.74, 6) is 0.668. The monoisotopic (exact) mass is 639 g/mol. The van der Waals surface area contributed by atoms with E-state index in [1.54, 1.807) is 0 Å². The van der Waals surface area contributed by atoms with Gasteiger partial charge >= 0.3 is 0 Å². The molecule has 0 saturated carbocycles. The first kappa shape index (κ1) is 28.3. The smallest absolute Gasteiger partial charge is 0.180 e. The number of aromatic nitrogens is 3. The van der Waals surface area contributed by atoms with Gasteiger partial charge in [0.1, 0.15) is 16.8 Å². The third kappa shape index (κ3) is 4.61. The lowest BCUT2D eigenvalue weighted by Crippen LogP contribution is -1.94. The van der Waals surface area contributed by atoms with Gasteiger partial charge in [0.25, 0.3) is 0 Å². The number of fused-ring (bicyclic) bond motifs is 6. The van der Waals surface area contributed by atoms with Gasteiger partial charge in [0, 0.05) is 33.0 Å². The fourth-order valence-electron chi connectivity index (χ4n) is 7.21. The molecule has 0 saturated heterocycles. The third-order valence-corrected chi connectivity index (χ3v) is 9.63. The number of nitrogens with zero attached hydrogens (tertiary/aromatic N) is 3. The molecule has 0 amide bonds. The summed E-state index contributed by atoms with van der Waals surface area (Å²) in [7, 11) is 0. The van der Waals surface area contributed by atoms with Gasteiger partial charge in [-0.25, -0.2) is 9.97 Å². The minimum Gasteiger partial charge on any atom is -0.452 e. The third-order valence-electron chi connectivity index (χ3n) is 9.63. The highest BCUT2D eigenvalue weighted by atomic mass is 16.3. The maximum atomic E-state index is 6.58. The van der Waals surface area contributed by atoms with Crippen molar-refractivity contribution in [2.45, 2.75) is 0 Å². The highest BCUT2D eigenvalue weighted by molar-refractivity contribution is 6.10. The van der Waals surface area contributed by atoms with Crippen molar-refractivity contribution < 1.29 is 4.42 Å². The zero-order valence-corrected chi connectivity index (χ0v) is 27.0. The first-order chi connectivity index (χ1) is 24.8. The quantitative estimate of drug-likeness (QED) is 0.188. The molecular weight excluding hydrogens is 611 g/mol. The molecule has 10 aromatic rings. The largest absolute Gasteiger partial charge is 0.452 e. The van der Waals surface area contributed by atoms with Crippen LogP contribution in [0.3, 0.4) is 0 Å². The SMILES string of the molecule is c1ccc(-c2ccc(-c3nc(-c4ccccc4)nc4c3oc3ccc(-c5cccc(-n6c7ccccc7c7ccccc76)c5)cc34)cc2)cc1. The van der Waals surface area contributed by atoms with Crippen molar-refractivity contribution in [3.05, 3.63) is 176 Å². The molecule has 4 nitrogen and oxygen atoms in total. The summed E-state index contributed by atoms with van der Waals surface area (Å²) in [5, 5.41) is 3.46. The molecule has 7 aromatic carbocycles. The van der Waals surface area contributed by atoms with Crippen LogP contribution in [0.15, 0.2) is 180 Å². The fourth-order valence-corrected chi connectivity index (χ4v) is 7.21. The van der Waals surface area contributed by atoms with E-state index in [1.165, 1.54) is 27.4 Å². The van der Waals surface area contributed by atoms with Crippen LogP contribution in [0.2, 0.25) is 0 Å². The van der Waals surface area contributed by atoms with Gasteiger partial charge in [-0.05, 0) is 58.7 Å².